The van der Waals surface area contributed by atoms with Crippen LogP contribution in [0.2, 0.25) is 0 Å². The number of amides is 1. The number of hydrogen-bond acceptors (Lipinski definition) is 6. The van der Waals surface area contributed by atoms with Crippen molar-refractivity contribution < 1.29 is 13.2 Å². The van der Waals surface area contributed by atoms with E-state index in [1.54, 1.807) is 28.9 Å². The molecule has 4 aromatic rings. The van der Waals surface area contributed by atoms with Gasteiger partial charge in [-0.3, -0.25) is 14.2 Å². The van der Waals surface area contributed by atoms with Crippen LogP contribution in [0.1, 0.15) is 10.4 Å². The Morgan fingerprint density at radius 2 is 1.64 bits per heavy atom. The van der Waals surface area contributed by atoms with Gasteiger partial charge in [-0.1, -0.05) is 18.2 Å². The van der Waals surface area contributed by atoms with E-state index in [9.17, 15) is 13.2 Å². The normalized spacial score (nSPS) is 15.3. The van der Waals surface area contributed by atoms with E-state index in [1.165, 1.54) is 21.4 Å². The van der Waals surface area contributed by atoms with E-state index in [4.69, 9.17) is 4.98 Å². The molecule has 0 unspecified atom stereocenters. The van der Waals surface area contributed by atoms with E-state index in [2.05, 4.69) is 10.2 Å². The third-order valence-electron chi connectivity index (χ3n) is 5.79. The molecule has 1 fully saturated rings. The number of piperazine rings is 1. The number of pyridine rings is 1. The summed E-state index contributed by atoms with van der Waals surface area (Å²) in [7, 11) is -0.133. The second-order valence-corrected chi connectivity index (χ2v) is 9.96. The van der Waals surface area contributed by atoms with Gasteiger partial charge < -0.3 is 4.90 Å². The van der Waals surface area contributed by atoms with E-state index >= 15 is 0 Å². The number of carbonyl (C=O) groups excluding carboxylic acids is 1. The summed E-state index contributed by atoms with van der Waals surface area (Å²) in [5.41, 5.74) is 2.76. The lowest BCUT2D eigenvalue weighted by molar-refractivity contribution is 0.0700. The van der Waals surface area contributed by atoms with Gasteiger partial charge in [0.05, 0.1) is 29.2 Å². The van der Waals surface area contributed by atoms with Crippen LogP contribution in [-0.4, -0.2) is 74.3 Å². The van der Waals surface area contributed by atoms with Crippen molar-refractivity contribution in [3.8, 4) is 11.3 Å². The first-order valence-electron chi connectivity index (χ1n) is 10.5. The average molecular weight is 466 g/mol. The summed E-state index contributed by atoms with van der Waals surface area (Å²) in [6, 6.07) is 9.32. The molecule has 1 aromatic carbocycles. The highest BCUT2D eigenvalue weighted by molar-refractivity contribution is 7.89. The molecule has 11 heteroatoms. The van der Waals surface area contributed by atoms with Gasteiger partial charge in [0.1, 0.15) is 4.90 Å². The molecule has 1 amide bonds. The topological polar surface area (TPSA) is 106 Å². The first-order chi connectivity index (χ1) is 15.8. The fourth-order valence-electron chi connectivity index (χ4n) is 4.04. The molecule has 0 N–H and O–H groups in total. The number of nitrogens with zero attached hydrogens (tertiary/aromatic N) is 7. The number of aromatic nitrogens is 5. The molecule has 4 heterocycles. The molecule has 10 nitrogen and oxygen atoms in total. The highest BCUT2D eigenvalue weighted by atomic mass is 32.2. The largest absolute Gasteiger partial charge is 0.336 e. The smallest absolute Gasteiger partial charge is 0.254 e. The number of carbonyl (C=O) groups is 1. The van der Waals surface area contributed by atoms with Gasteiger partial charge in [0.15, 0.2) is 0 Å². The SMILES string of the molecule is Cn1cc(-c2cc(C(=O)N3CCN(S(=O)(=O)c4cnn(C)c4)CC3)c3ccccc3n2)cn1. The van der Waals surface area contributed by atoms with E-state index in [0.29, 0.717) is 24.3 Å². The standard InChI is InChI=1S/C22H23N7O3S/c1-26-14-16(12-23-26)21-11-19(18-5-3-4-6-20(18)25-21)22(30)28-7-9-29(10-8-28)33(31,32)17-13-24-27(2)15-17/h3-6,11-15H,7-10H2,1-2H3. The molecular formula is C22H23N7O3S. The molecule has 0 atom stereocenters. The van der Waals surface area contributed by atoms with Gasteiger partial charge in [-0.15, -0.1) is 0 Å². The van der Waals surface area contributed by atoms with Gasteiger partial charge >= 0.3 is 0 Å². The third-order valence-corrected chi connectivity index (χ3v) is 7.64. The van der Waals surface area contributed by atoms with Crippen molar-refractivity contribution >= 4 is 26.8 Å². The van der Waals surface area contributed by atoms with Crippen molar-refractivity contribution in [1.82, 2.24) is 33.8 Å². The summed E-state index contributed by atoms with van der Waals surface area (Å²) in [5.74, 6) is -0.142. The van der Waals surface area contributed by atoms with E-state index in [-0.39, 0.29) is 23.9 Å². The Balaban J connectivity index is 1.42. The molecule has 170 valence electrons. The summed E-state index contributed by atoms with van der Waals surface area (Å²) in [4.78, 5) is 20.1. The Kier molecular flexibility index (Phi) is 5.22. The van der Waals surface area contributed by atoms with Crippen LogP contribution in [0.5, 0.6) is 0 Å². The number of aryl methyl sites for hydroxylation is 2. The first kappa shape index (κ1) is 21.3. The number of fused-ring (bicyclic) bond motifs is 1. The Morgan fingerprint density at radius 3 is 2.30 bits per heavy atom. The van der Waals surface area contributed by atoms with Gasteiger partial charge in [-0.2, -0.15) is 14.5 Å². The second-order valence-electron chi connectivity index (χ2n) is 8.02. The van der Waals surface area contributed by atoms with Gasteiger partial charge in [-0.05, 0) is 12.1 Å². The molecule has 0 saturated carbocycles. The highest BCUT2D eigenvalue weighted by Gasteiger charge is 2.32. The van der Waals surface area contributed by atoms with Crippen LogP contribution in [0.3, 0.4) is 0 Å². The van der Waals surface area contributed by atoms with Crippen LogP contribution in [0, 0.1) is 0 Å². The van der Waals surface area contributed by atoms with Crippen molar-refractivity contribution in [2.75, 3.05) is 26.2 Å². The lowest BCUT2D eigenvalue weighted by Gasteiger charge is -2.34. The van der Waals surface area contributed by atoms with Crippen molar-refractivity contribution in [2.45, 2.75) is 4.90 Å². The molecule has 1 aliphatic heterocycles. The predicted molar refractivity (Wildman–Crippen MR) is 122 cm³/mol. The summed E-state index contributed by atoms with van der Waals surface area (Å²) >= 11 is 0. The molecule has 0 bridgehead atoms. The number of para-hydroxylation sites is 1. The van der Waals surface area contributed by atoms with Crippen molar-refractivity contribution in [3.05, 3.63) is 60.7 Å². The second kappa shape index (κ2) is 8.09. The number of rotatable bonds is 4. The van der Waals surface area contributed by atoms with E-state index in [1.807, 2.05) is 37.5 Å². The van der Waals surface area contributed by atoms with E-state index in [0.717, 1.165) is 16.5 Å². The minimum Gasteiger partial charge on any atom is -0.336 e. The monoisotopic (exact) mass is 465 g/mol. The van der Waals surface area contributed by atoms with Gasteiger partial charge in [-0.25, -0.2) is 13.4 Å². The van der Waals surface area contributed by atoms with Crippen LogP contribution in [0.25, 0.3) is 22.2 Å². The molecule has 1 aliphatic rings. The molecule has 0 spiro atoms. The summed E-state index contributed by atoms with van der Waals surface area (Å²) in [5, 5.41) is 8.93. The Morgan fingerprint density at radius 1 is 0.939 bits per heavy atom. The predicted octanol–water partition coefficient (Wildman–Crippen LogP) is 1.52. The maximum atomic E-state index is 13.5. The first-order valence-corrected chi connectivity index (χ1v) is 11.9. The molecule has 33 heavy (non-hydrogen) atoms. The zero-order valence-corrected chi connectivity index (χ0v) is 19.1. The molecular weight excluding hydrogens is 442 g/mol. The highest BCUT2D eigenvalue weighted by Crippen LogP contribution is 2.26. The van der Waals surface area contributed by atoms with Crippen LogP contribution in [0.4, 0.5) is 0 Å². The zero-order valence-electron chi connectivity index (χ0n) is 18.3. The number of hydrogen-bond donors (Lipinski definition) is 0. The van der Waals surface area contributed by atoms with E-state index < -0.39 is 10.0 Å². The third kappa shape index (κ3) is 3.89. The van der Waals surface area contributed by atoms with Crippen molar-refractivity contribution in [3.63, 3.8) is 0 Å². The molecule has 0 radical (unpaired) electrons. The molecule has 0 aliphatic carbocycles. The van der Waals surface area contributed by atoms with Gasteiger partial charge in [0.2, 0.25) is 10.0 Å². The molecule has 1 saturated heterocycles. The van der Waals surface area contributed by atoms with Crippen LogP contribution in [-0.2, 0) is 24.1 Å². The van der Waals surface area contributed by atoms with Gasteiger partial charge in [0, 0.05) is 63.6 Å². The number of benzene rings is 1. The minimum atomic E-state index is -3.64. The Hall–Kier alpha value is -3.57. The van der Waals surface area contributed by atoms with Crippen LogP contribution < -0.4 is 0 Å². The minimum absolute atomic E-state index is 0.142. The zero-order chi connectivity index (χ0) is 23.2. The lowest BCUT2D eigenvalue weighted by atomic mass is 10.0. The Bertz CT molecular complexity index is 1450. The summed E-state index contributed by atoms with van der Waals surface area (Å²) in [6.45, 7) is 1.05. The maximum absolute atomic E-state index is 13.5. The van der Waals surface area contributed by atoms with Crippen molar-refractivity contribution in [2.24, 2.45) is 14.1 Å². The fourth-order valence-corrected chi connectivity index (χ4v) is 5.44. The summed E-state index contributed by atoms with van der Waals surface area (Å²) in [6.07, 6.45) is 6.40. The summed E-state index contributed by atoms with van der Waals surface area (Å²) < 4.78 is 30.3. The number of sulfonamides is 1. The van der Waals surface area contributed by atoms with Crippen LogP contribution in [0.15, 0.2) is 60.0 Å². The Labute approximate surface area is 191 Å². The molecule has 3 aromatic heterocycles. The maximum Gasteiger partial charge on any atom is 0.254 e. The van der Waals surface area contributed by atoms with Crippen LogP contribution >= 0.6 is 0 Å². The average Bonchev–Trinajstić information content (AvgIpc) is 3.46. The van der Waals surface area contributed by atoms with Crippen molar-refractivity contribution in [1.29, 1.82) is 0 Å². The lowest BCUT2D eigenvalue weighted by Crippen LogP contribution is -2.50. The fraction of sp³-hybridized carbons (Fsp3) is 0.273. The van der Waals surface area contributed by atoms with Gasteiger partial charge in [0.25, 0.3) is 5.91 Å². The quantitative estimate of drug-likeness (QED) is 0.452. The molecule has 5 rings (SSSR count).